The zero-order chi connectivity index (χ0) is 10.7. The van der Waals surface area contributed by atoms with Crippen molar-refractivity contribution in [3.8, 4) is 0 Å². The minimum atomic E-state index is -0.364. The fourth-order valence-corrected chi connectivity index (χ4v) is 1.70. The molecule has 1 heterocycles. The van der Waals surface area contributed by atoms with Crippen molar-refractivity contribution in [3.05, 3.63) is 17.5 Å². The summed E-state index contributed by atoms with van der Waals surface area (Å²) in [5, 5.41) is 3.53. The average Bonchev–Trinajstić information content (AvgIpc) is 2.84. The summed E-state index contributed by atoms with van der Waals surface area (Å²) in [5.74, 6) is -0.148. The Morgan fingerprint density at radius 1 is 1.60 bits per heavy atom. The summed E-state index contributed by atoms with van der Waals surface area (Å²) in [6.45, 7) is 1.76. The summed E-state index contributed by atoms with van der Waals surface area (Å²) >= 11 is 0. The van der Waals surface area contributed by atoms with Crippen molar-refractivity contribution in [2.24, 2.45) is 0 Å². The Morgan fingerprint density at radius 3 is 2.93 bits per heavy atom. The number of hydrogen-bond donors (Lipinski definition) is 1. The maximum Gasteiger partial charge on any atom is 0.313 e. The van der Waals surface area contributed by atoms with Gasteiger partial charge in [-0.15, -0.1) is 0 Å². The molecule has 0 aromatic carbocycles. The van der Waals surface area contributed by atoms with Crippen LogP contribution >= 0.6 is 0 Å². The van der Waals surface area contributed by atoms with Gasteiger partial charge in [-0.05, 0) is 19.8 Å². The Labute approximate surface area is 87.7 Å². The van der Waals surface area contributed by atoms with Crippen LogP contribution < -0.4 is 5.48 Å². The summed E-state index contributed by atoms with van der Waals surface area (Å²) in [6, 6.07) is 0. The third kappa shape index (κ3) is 2.36. The molecule has 1 aromatic heterocycles. The van der Waals surface area contributed by atoms with Gasteiger partial charge in [0, 0.05) is 5.56 Å². The maximum atomic E-state index is 11.5. The van der Waals surface area contributed by atoms with Crippen LogP contribution in [0.2, 0.25) is 0 Å². The number of nitrogens with one attached hydrogen (secondary N) is 1. The summed E-state index contributed by atoms with van der Waals surface area (Å²) in [4.78, 5) is 16.8. The van der Waals surface area contributed by atoms with E-state index in [2.05, 4.69) is 10.6 Å². The standard InChI is InChI=1S/C10H14N2O3/c1-7-6-11-15-9(7)10(13)12-14-8-4-2-3-5-8/h6,8H,2-5H2,1H3,(H,12,13). The lowest BCUT2D eigenvalue weighted by atomic mass is 10.3. The number of carbonyl (C=O) groups excluding carboxylic acids is 1. The Morgan fingerprint density at radius 2 is 2.33 bits per heavy atom. The van der Waals surface area contributed by atoms with E-state index >= 15 is 0 Å². The molecule has 0 aliphatic heterocycles. The first-order chi connectivity index (χ1) is 7.27. The molecule has 1 aliphatic carbocycles. The zero-order valence-corrected chi connectivity index (χ0v) is 8.66. The third-order valence-electron chi connectivity index (χ3n) is 2.58. The van der Waals surface area contributed by atoms with Gasteiger partial charge in [0.2, 0.25) is 5.76 Å². The Kier molecular flexibility index (Phi) is 3.01. The largest absolute Gasteiger partial charge is 0.351 e. The molecule has 0 radical (unpaired) electrons. The van der Waals surface area contributed by atoms with Crippen LogP contribution in [0.15, 0.2) is 10.7 Å². The predicted molar refractivity (Wildman–Crippen MR) is 52.0 cm³/mol. The molecule has 2 rings (SSSR count). The molecular weight excluding hydrogens is 196 g/mol. The first kappa shape index (κ1) is 10.2. The first-order valence-corrected chi connectivity index (χ1v) is 5.14. The normalized spacial score (nSPS) is 16.9. The van der Waals surface area contributed by atoms with E-state index < -0.39 is 0 Å². The van der Waals surface area contributed by atoms with Crippen molar-refractivity contribution in [1.82, 2.24) is 10.6 Å². The van der Waals surface area contributed by atoms with Crippen molar-refractivity contribution >= 4 is 5.91 Å². The lowest BCUT2D eigenvalue weighted by Gasteiger charge is -2.09. The van der Waals surface area contributed by atoms with Crippen LogP contribution in [-0.2, 0) is 4.84 Å². The van der Waals surface area contributed by atoms with E-state index in [1.165, 1.54) is 19.0 Å². The Bertz CT molecular complexity index is 342. The highest BCUT2D eigenvalue weighted by Crippen LogP contribution is 2.20. The first-order valence-electron chi connectivity index (χ1n) is 5.14. The lowest BCUT2D eigenvalue weighted by Crippen LogP contribution is -2.28. The van der Waals surface area contributed by atoms with Gasteiger partial charge in [-0.3, -0.25) is 9.63 Å². The van der Waals surface area contributed by atoms with Crippen LogP contribution in [0.25, 0.3) is 0 Å². The van der Waals surface area contributed by atoms with Crippen LogP contribution in [0.5, 0.6) is 0 Å². The van der Waals surface area contributed by atoms with E-state index in [0.717, 1.165) is 12.8 Å². The molecular formula is C10H14N2O3. The highest BCUT2D eigenvalue weighted by Gasteiger charge is 2.19. The zero-order valence-electron chi connectivity index (χ0n) is 8.66. The molecule has 0 spiro atoms. The highest BCUT2D eigenvalue weighted by atomic mass is 16.7. The molecule has 5 heteroatoms. The molecule has 5 nitrogen and oxygen atoms in total. The molecule has 1 aromatic rings. The quantitative estimate of drug-likeness (QED) is 0.769. The molecule has 1 aliphatic rings. The molecule has 82 valence electrons. The summed E-state index contributed by atoms with van der Waals surface area (Å²) in [6.07, 6.45) is 6.01. The van der Waals surface area contributed by atoms with Gasteiger partial charge in [0.1, 0.15) is 0 Å². The molecule has 0 atom stereocenters. The second kappa shape index (κ2) is 4.44. The number of carbonyl (C=O) groups is 1. The van der Waals surface area contributed by atoms with Crippen molar-refractivity contribution in [1.29, 1.82) is 0 Å². The molecule has 0 unspecified atom stereocenters. The van der Waals surface area contributed by atoms with Crippen LogP contribution in [0, 0.1) is 6.92 Å². The number of amides is 1. The third-order valence-corrected chi connectivity index (χ3v) is 2.58. The second-order valence-electron chi connectivity index (χ2n) is 3.79. The van der Waals surface area contributed by atoms with Gasteiger partial charge >= 0.3 is 5.91 Å². The minimum absolute atomic E-state index is 0.150. The van der Waals surface area contributed by atoms with Crippen molar-refractivity contribution in [3.63, 3.8) is 0 Å². The van der Waals surface area contributed by atoms with Gasteiger partial charge in [0.15, 0.2) is 0 Å². The number of hydroxylamine groups is 1. The van der Waals surface area contributed by atoms with Gasteiger partial charge in [0.25, 0.3) is 0 Å². The van der Waals surface area contributed by atoms with E-state index in [4.69, 9.17) is 9.36 Å². The lowest BCUT2D eigenvalue weighted by molar-refractivity contribution is -0.0142. The van der Waals surface area contributed by atoms with E-state index in [0.29, 0.717) is 5.56 Å². The monoisotopic (exact) mass is 210 g/mol. The van der Waals surface area contributed by atoms with Gasteiger partial charge in [-0.2, -0.15) is 0 Å². The smallest absolute Gasteiger partial charge is 0.313 e. The molecule has 1 saturated carbocycles. The second-order valence-corrected chi connectivity index (χ2v) is 3.79. The van der Waals surface area contributed by atoms with Crippen molar-refractivity contribution in [2.75, 3.05) is 0 Å². The van der Waals surface area contributed by atoms with E-state index in [9.17, 15) is 4.79 Å². The molecule has 1 N–H and O–H groups in total. The van der Waals surface area contributed by atoms with Crippen molar-refractivity contribution < 1.29 is 14.2 Å². The topological polar surface area (TPSA) is 64.4 Å². The molecule has 15 heavy (non-hydrogen) atoms. The Balaban J connectivity index is 1.84. The number of hydrogen-bond acceptors (Lipinski definition) is 4. The van der Waals surface area contributed by atoms with Gasteiger partial charge in [0.05, 0.1) is 12.3 Å². The predicted octanol–water partition coefficient (Wildman–Crippen LogP) is 1.59. The van der Waals surface area contributed by atoms with Crippen LogP contribution in [0.1, 0.15) is 41.8 Å². The molecule has 1 amide bonds. The number of aromatic nitrogens is 1. The Hall–Kier alpha value is -1.36. The van der Waals surface area contributed by atoms with Crippen LogP contribution in [0.3, 0.4) is 0 Å². The minimum Gasteiger partial charge on any atom is -0.351 e. The van der Waals surface area contributed by atoms with Gasteiger partial charge in [-0.25, -0.2) is 5.48 Å². The molecule has 0 saturated heterocycles. The summed E-state index contributed by atoms with van der Waals surface area (Å²) < 4.78 is 4.80. The van der Waals surface area contributed by atoms with Gasteiger partial charge < -0.3 is 4.52 Å². The van der Waals surface area contributed by atoms with E-state index in [1.807, 2.05) is 0 Å². The fourth-order valence-electron chi connectivity index (χ4n) is 1.70. The highest BCUT2D eigenvalue weighted by molar-refractivity contribution is 5.91. The number of rotatable bonds is 3. The SMILES string of the molecule is Cc1cnoc1C(=O)NOC1CCCC1. The van der Waals surface area contributed by atoms with E-state index in [1.54, 1.807) is 6.92 Å². The summed E-state index contributed by atoms with van der Waals surface area (Å²) in [7, 11) is 0. The number of aryl methyl sites for hydroxylation is 1. The van der Waals surface area contributed by atoms with E-state index in [-0.39, 0.29) is 17.8 Å². The molecule has 1 fully saturated rings. The van der Waals surface area contributed by atoms with Gasteiger partial charge in [-0.1, -0.05) is 18.0 Å². The number of nitrogens with zero attached hydrogens (tertiary/aromatic N) is 1. The fraction of sp³-hybridized carbons (Fsp3) is 0.600. The molecule has 0 bridgehead atoms. The van der Waals surface area contributed by atoms with Crippen molar-refractivity contribution in [2.45, 2.75) is 38.7 Å². The average molecular weight is 210 g/mol. The van der Waals surface area contributed by atoms with Crippen LogP contribution in [-0.4, -0.2) is 17.2 Å². The maximum absolute atomic E-state index is 11.5. The summed E-state index contributed by atoms with van der Waals surface area (Å²) in [5.41, 5.74) is 3.11. The van der Waals surface area contributed by atoms with Crippen LogP contribution in [0.4, 0.5) is 0 Å².